The average Bonchev–Trinajstić information content (AvgIpc) is 3.36. The number of fused-ring (bicyclic) bond motifs is 1. The van der Waals surface area contributed by atoms with Gasteiger partial charge in [-0.05, 0) is 69.1 Å². The molecule has 2 atom stereocenters. The Labute approximate surface area is 190 Å². The fourth-order valence-corrected chi connectivity index (χ4v) is 5.65. The van der Waals surface area contributed by atoms with E-state index >= 15 is 0 Å². The van der Waals surface area contributed by atoms with Crippen molar-refractivity contribution < 1.29 is 9.90 Å². The van der Waals surface area contributed by atoms with E-state index < -0.39 is 0 Å². The summed E-state index contributed by atoms with van der Waals surface area (Å²) in [5.74, 6) is 0.845. The molecule has 3 aliphatic rings. The van der Waals surface area contributed by atoms with Crippen molar-refractivity contribution >= 4 is 11.7 Å². The highest BCUT2D eigenvalue weighted by Gasteiger charge is 2.60. The van der Waals surface area contributed by atoms with Crippen LogP contribution in [0.25, 0.3) is 11.1 Å². The van der Waals surface area contributed by atoms with E-state index in [0.717, 1.165) is 49.3 Å². The first-order valence-corrected chi connectivity index (χ1v) is 11.9. The highest BCUT2D eigenvalue weighted by Crippen LogP contribution is 2.59. The van der Waals surface area contributed by atoms with Gasteiger partial charge in [0.1, 0.15) is 5.82 Å². The van der Waals surface area contributed by atoms with Crippen molar-refractivity contribution in [2.75, 3.05) is 18.8 Å². The SMILES string of the molecule is CC(C)N1C[C@H]2C[C@@]2(c2ccc(-c3cnc(N)c(C(=O)N[C@H]4CC[C@H](O)CC4)c3)cc2)C1. The summed E-state index contributed by atoms with van der Waals surface area (Å²) in [6, 6.07) is 11.3. The molecule has 6 nitrogen and oxygen atoms in total. The number of hydrogen-bond donors (Lipinski definition) is 3. The van der Waals surface area contributed by atoms with Gasteiger partial charge in [0, 0.05) is 42.3 Å². The van der Waals surface area contributed by atoms with Crippen LogP contribution in [-0.2, 0) is 5.41 Å². The van der Waals surface area contributed by atoms with Crippen molar-refractivity contribution in [3.05, 3.63) is 47.7 Å². The van der Waals surface area contributed by atoms with Crippen LogP contribution in [-0.4, -0.2) is 52.2 Å². The molecule has 0 bridgehead atoms. The van der Waals surface area contributed by atoms with Crippen molar-refractivity contribution in [2.24, 2.45) is 5.92 Å². The molecule has 3 fully saturated rings. The van der Waals surface area contributed by atoms with Crippen LogP contribution in [0, 0.1) is 5.92 Å². The number of aromatic nitrogens is 1. The van der Waals surface area contributed by atoms with E-state index in [2.05, 4.69) is 53.3 Å². The predicted octanol–water partition coefficient (Wildman–Crippen LogP) is 3.35. The molecule has 1 aromatic heterocycles. The number of nitrogens with two attached hydrogens (primary N) is 1. The summed E-state index contributed by atoms with van der Waals surface area (Å²) in [6.45, 7) is 6.92. The lowest BCUT2D eigenvalue weighted by molar-refractivity contribution is 0.0868. The lowest BCUT2D eigenvalue weighted by Gasteiger charge is -2.26. The second-order valence-corrected chi connectivity index (χ2v) is 10.3. The Bertz CT molecular complexity index is 997. The quantitative estimate of drug-likeness (QED) is 0.671. The zero-order valence-electron chi connectivity index (χ0n) is 19.1. The van der Waals surface area contributed by atoms with Crippen LogP contribution in [0.5, 0.6) is 0 Å². The second-order valence-electron chi connectivity index (χ2n) is 10.3. The summed E-state index contributed by atoms with van der Waals surface area (Å²) in [7, 11) is 0. The molecule has 2 heterocycles. The minimum Gasteiger partial charge on any atom is -0.393 e. The van der Waals surface area contributed by atoms with E-state index in [4.69, 9.17) is 5.73 Å². The molecule has 1 saturated heterocycles. The van der Waals surface area contributed by atoms with Crippen molar-refractivity contribution in [3.63, 3.8) is 0 Å². The van der Waals surface area contributed by atoms with E-state index in [1.165, 1.54) is 18.5 Å². The van der Waals surface area contributed by atoms with Crippen LogP contribution in [0.3, 0.4) is 0 Å². The van der Waals surface area contributed by atoms with E-state index in [9.17, 15) is 9.90 Å². The Hall–Kier alpha value is -2.44. The zero-order chi connectivity index (χ0) is 22.5. The molecule has 1 aromatic carbocycles. The van der Waals surface area contributed by atoms with Crippen molar-refractivity contribution in [3.8, 4) is 11.1 Å². The Balaban J connectivity index is 1.31. The minimum atomic E-state index is -0.246. The van der Waals surface area contributed by atoms with E-state index in [0.29, 0.717) is 17.0 Å². The normalized spacial score (nSPS) is 29.7. The molecule has 5 rings (SSSR count). The highest BCUT2D eigenvalue weighted by atomic mass is 16.3. The van der Waals surface area contributed by atoms with Crippen molar-refractivity contribution in [1.29, 1.82) is 0 Å². The third-order valence-corrected chi connectivity index (χ3v) is 7.89. The molecule has 170 valence electrons. The number of aliphatic hydroxyl groups is 1. The molecule has 2 aliphatic carbocycles. The molecule has 6 heteroatoms. The minimum absolute atomic E-state index is 0.0794. The molecule has 4 N–H and O–H groups in total. The first kappa shape index (κ1) is 21.4. The van der Waals surface area contributed by atoms with Crippen LogP contribution >= 0.6 is 0 Å². The molecule has 2 aromatic rings. The Kier molecular flexibility index (Phi) is 5.46. The molecular formula is C26H34N4O2. The number of anilines is 1. The number of piperidine rings is 1. The molecule has 0 radical (unpaired) electrons. The molecule has 1 aliphatic heterocycles. The number of nitrogen functional groups attached to an aromatic ring is 1. The molecule has 1 amide bonds. The van der Waals surface area contributed by atoms with Gasteiger partial charge in [-0.1, -0.05) is 24.3 Å². The lowest BCUT2D eigenvalue weighted by atomic mass is 9.92. The fourth-order valence-electron chi connectivity index (χ4n) is 5.65. The van der Waals surface area contributed by atoms with Gasteiger partial charge in [0.15, 0.2) is 0 Å². The molecule has 0 unspecified atom stereocenters. The van der Waals surface area contributed by atoms with Gasteiger partial charge >= 0.3 is 0 Å². The van der Waals surface area contributed by atoms with Gasteiger partial charge in [0.2, 0.25) is 0 Å². The van der Waals surface area contributed by atoms with Crippen LogP contribution in [0.4, 0.5) is 5.82 Å². The third kappa shape index (κ3) is 3.90. The van der Waals surface area contributed by atoms with Gasteiger partial charge in [0.05, 0.1) is 11.7 Å². The van der Waals surface area contributed by atoms with Crippen LogP contribution in [0.1, 0.15) is 61.9 Å². The van der Waals surface area contributed by atoms with Gasteiger partial charge in [-0.25, -0.2) is 4.98 Å². The third-order valence-electron chi connectivity index (χ3n) is 7.89. The smallest absolute Gasteiger partial charge is 0.255 e. The van der Waals surface area contributed by atoms with Gasteiger partial charge < -0.3 is 16.2 Å². The number of nitrogens with zero attached hydrogens (tertiary/aromatic N) is 2. The Morgan fingerprint density at radius 2 is 1.91 bits per heavy atom. The summed E-state index contributed by atoms with van der Waals surface area (Å²) in [4.78, 5) is 19.8. The Morgan fingerprint density at radius 1 is 1.19 bits per heavy atom. The number of likely N-dealkylation sites (tertiary alicyclic amines) is 1. The number of nitrogens with one attached hydrogen (secondary N) is 1. The monoisotopic (exact) mass is 434 g/mol. The fraction of sp³-hybridized carbons (Fsp3) is 0.538. The van der Waals surface area contributed by atoms with Crippen LogP contribution in [0.2, 0.25) is 0 Å². The number of hydrogen-bond acceptors (Lipinski definition) is 5. The molecule has 32 heavy (non-hydrogen) atoms. The largest absolute Gasteiger partial charge is 0.393 e. The maximum Gasteiger partial charge on any atom is 0.255 e. The van der Waals surface area contributed by atoms with Crippen LogP contribution < -0.4 is 11.1 Å². The van der Waals surface area contributed by atoms with Gasteiger partial charge in [-0.2, -0.15) is 0 Å². The number of benzene rings is 1. The second kappa shape index (κ2) is 8.16. The molecular weight excluding hydrogens is 400 g/mol. The highest BCUT2D eigenvalue weighted by molar-refractivity contribution is 5.99. The molecule has 2 saturated carbocycles. The standard InChI is InChI=1S/C26H34N4O2/c1-16(2)30-14-20-12-26(20,15-30)19-5-3-17(4-6-19)18-11-23(24(27)28-13-18)25(32)29-21-7-9-22(31)10-8-21/h3-6,11,13,16,20-22,31H,7-10,12,14-15H2,1-2H3,(H2,27,28)(H,29,32)/t20-,21-,22-,26+/m1/s1. The summed E-state index contributed by atoms with van der Waals surface area (Å²) in [5, 5.41) is 12.8. The van der Waals surface area contributed by atoms with Gasteiger partial charge in [-0.3, -0.25) is 9.69 Å². The van der Waals surface area contributed by atoms with E-state index in [-0.39, 0.29) is 23.9 Å². The predicted molar refractivity (Wildman–Crippen MR) is 126 cm³/mol. The summed E-state index contributed by atoms with van der Waals surface area (Å²) in [5.41, 5.74) is 10.2. The Morgan fingerprint density at radius 3 is 2.56 bits per heavy atom. The first-order chi connectivity index (χ1) is 15.4. The van der Waals surface area contributed by atoms with Crippen LogP contribution in [0.15, 0.2) is 36.5 Å². The molecule has 0 spiro atoms. The van der Waals surface area contributed by atoms with Gasteiger partial charge in [0.25, 0.3) is 5.91 Å². The van der Waals surface area contributed by atoms with Crippen molar-refractivity contribution in [1.82, 2.24) is 15.2 Å². The number of pyridine rings is 1. The van der Waals surface area contributed by atoms with Gasteiger partial charge in [-0.15, -0.1) is 0 Å². The number of aliphatic hydroxyl groups excluding tert-OH is 1. The number of carbonyl (C=O) groups excluding carboxylic acids is 1. The zero-order valence-corrected chi connectivity index (χ0v) is 19.1. The maximum atomic E-state index is 12.9. The summed E-state index contributed by atoms with van der Waals surface area (Å²) in [6.07, 6.45) is 5.82. The topological polar surface area (TPSA) is 91.5 Å². The van der Waals surface area contributed by atoms with Crippen molar-refractivity contribution in [2.45, 2.75) is 69.6 Å². The first-order valence-electron chi connectivity index (χ1n) is 11.9. The van der Waals surface area contributed by atoms with E-state index in [1.54, 1.807) is 6.20 Å². The van der Waals surface area contributed by atoms with E-state index in [1.807, 2.05) is 6.07 Å². The average molecular weight is 435 g/mol. The maximum absolute atomic E-state index is 12.9. The summed E-state index contributed by atoms with van der Waals surface area (Å²) < 4.78 is 0. The summed E-state index contributed by atoms with van der Waals surface area (Å²) >= 11 is 0. The number of rotatable bonds is 5. The number of carbonyl (C=O) groups is 1. The number of amides is 1. The lowest BCUT2D eigenvalue weighted by Crippen LogP contribution is -2.38.